The molecule has 1 aliphatic heterocycles. The van der Waals surface area contributed by atoms with E-state index >= 15 is 0 Å². The van der Waals surface area contributed by atoms with Gasteiger partial charge in [0, 0.05) is 49.2 Å². The fourth-order valence-electron chi connectivity index (χ4n) is 3.80. The number of ether oxygens (including phenoxy) is 1. The van der Waals surface area contributed by atoms with Crippen molar-refractivity contribution >= 4 is 38.9 Å². The Morgan fingerprint density at radius 3 is 2.43 bits per heavy atom. The Morgan fingerprint density at radius 1 is 1.06 bits per heavy atom. The second-order valence-corrected chi connectivity index (χ2v) is 10.7. The first kappa shape index (κ1) is 24.7. The summed E-state index contributed by atoms with van der Waals surface area (Å²) in [5, 5.41) is 1.96. The molecule has 0 aliphatic carbocycles. The van der Waals surface area contributed by atoms with Crippen LogP contribution in [0.1, 0.15) is 27.0 Å². The summed E-state index contributed by atoms with van der Waals surface area (Å²) in [6.45, 7) is 4.93. The molecule has 1 aromatic carbocycles. The molecule has 1 aliphatic rings. The molecule has 0 atom stereocenters. The highest BCUT2D eigenvalue weighted by molar-refractivity contribution is 7.89. The predicted molar refractivity (Wildman–Crippen MR) is 136 cm³/mol. The highest BCUT2D eigenvalue weighted by Gasteiger charge is 2.24. The quantitative estimate of drug-likeness (QED) is 0.516. The fourth-order valence-corrected chi connectivity index (χ4v) is 5.13. The third-order valence-corrected chi connectivity index (χ3v) is 6.98. The summed E-state index contributed by atoms with van der Waals surface area (Å²) < 4.78 is 30.0. The Morgan fingerprint density at radius 2 is 1.77 bits per heavy atom. The van der Waals surface area contributed by atoms with Gasteiger partial charge in [0.25, 0.3) is 11.8 Å². The van der Waals surface area contributed by atoms with E-state index in [9.17, 15) is 18.0 Å². The van der Waals surface area contributed by atoms with E-state index in [1.54, 1.807) is 36.7 Å². The van der Waals surface area contributed by atoms with Crippen molar-refractivity contribution < 1.29 is 22.7 Å². The predicted octanol–water partition coefficient (Wildman–Crippen LogP) is 2.86. The van der Waals surface area contributed by atoms with Crippen LogP contribution in [-0.2, 0) is 10.0 Å². The van der Waals surface area contributed by atoms with Crippen LogP contribution in [0.25, 0.3) is 11.1 Å². The van der Waals surface area contributed by atoms with Crippen LogP contribution in [0, 0.1) is 0 Å². The molecule has 2 amide bonds. The number of hydrogen-bond donors (Lipinski definition) is 1. The normalized spacial score (nSPS) is 14.0. The number of pyridine rings is 1. The van der Waals surface area contributed by atoms with Gasteiger partial charge in [-0.15, -0.1) is 11.3 Å². The highest BCUT2D eigenvalue weighted by atomic mass is 32.2. The molecule has 0 saturated carbocycles. The van der Waals surface area contributed by atoms with Gasteiger partial charge in [0.2, 0.25) is 10.0 Å². The van der Waals surface area contributed by atoms with Crippen LogP contribution < -0.4 is 14.4 Å². The number of carbonyl (C=O) groups excluding carboxylic acids is 2. The lowest BCUT2D eigenvalue weighted by Gasteiger charge is -2.36. The number of anilines is 1. The zero-order valence-electron chi connectivity index (χ0n) is 19.4. The number of carbonyl (C=O) groups is 2. The molecule has 0 radical (unpaired) electrons. The molecule has 184 valence electrons. The van der Waals surface area contributed by atoms with Gasteiger partial charge in [-0.3, -0.25) is 14.6 Å². The second kappa shape index (κ2) is 10.4. The average Bonchev–Trinajstić information content (AvgIpc) is 3.34. The maximum atomic E-state index is 13.1. The number of nitrogens with zero attached hydrogens (tertiary/aromatic N) is 3. The van der Waals surface area contributed by atoms with Gasteiger partial charge in [0.1, 0.15) is 5.75 Å². The topological polar surface area (TPSA) is 109 Å². The Balaban J connectivity index is 1.36. The van der Waals surface area contributed by atoms with Crippen molar-refractivity contribution in [2.45, 2.75) is 6.92 Å². The summed E-state index contributed by atoms with van der Waals surface area (Å²) in [4.78, 5) is 33.9. The fraction of sp³-hybridized carbons (Fsp3) is 0.292. The molecule has 3 heterocycles. The molecule has 0 bridgehead atoms. The van der Waals surface area contributed by atoms with Crippen LogP contribution in [0.4, 0.5) is 5.69 Å². The maximum Gasteiger partial charge on any atom is 0.264 e. The van der Waals surface area contributed by atoms with Crippen molar-refractivity contribution in [2.75, 3.05) is 43.9 Å². The molecule has 1 N–H and O–H groups in total. The van der Waals surface area contributed by atoms with Crippen LogP contribution >= 0.6 is 11.3 Å². The maximum absolute atomic E-state index is 13.1. The Labute approximate surface area is 208 Å². The SMILES string of the molecule is CCOc1cncc(-c2csc(C(=O)N3CCN(c4ccc(C(=O)NS(C)(=O)=O)cc4)CC3)c2)c1. The smallest absolute Gasteiger partial charge is 0.264 e. The molecular formula is C24H26N4O5S2. The first-order valence-electron chi connectivity index (χ1n) is 11.1. The Hall–Kier alpha value is -3.44. The van der Waals surface area contributed by atoms with E-state index in [4.69, 9.17) is 4.74 Å². The van der Waals surface area contributed by atoms with E-state index in [-0.39, 0.29) is 11.5 Å². The third-order valence-electron chi connectivity index (χ3n) is 5.51. The number of thiophene rings is 1. The molecule has 1 fully saturated rings. The van der Waals surface area contributed by atoms with E-state index in [2.05, 4.69) is 9.88 Å². The number of sulfonamides is 1. The summed E-state index contributed by atoms with van der Waals surface area (Å²) in [6.07, 6.45) is 4.37. The van der Waals surface area contributed by atoms with Crippen LogP contribution in [0.3, 0.4) is 0 Å². The number of piperazine rings is 1. The molecule has 0 unspecified atom stereocenters. The Kier molecular flexibility index (Phi) is 7.37. The van der Waals surface area contributed by atoms with Gasteiger partial charge in [-0.2, -0.15) is 0 Å². The zero-order valence-corrected chi connectivity index (χ0v) is 21.1. The summed E-state index contributed by atoms with van der Waals surface area (Å²) in [7, 11) is -3.61. The molecule has 0 spiro atoms. The first-order chi connectivity index (χ1) is 16.7. The number of benzene rings is 1. The van der Waals surface area contributed by atoms with E-state index in [1.807, 2.05) is 34.1 Å². The molecular weight excluding hydrogens is 488 g/mol. The van der Waals surface area contributed by atoms with Crippen molar-refractivity contribution in [3.63, 3.8) is 0 Å². The van der Waals surface area contributed by atoms with Crippen molar-refractivity contribution in [3.05, 3.63) is 64.6 Å². The van der Waals surface area contributed by atoms with Gasteiger partial charge < -0.3 is 14.5 Å². The second-order valence-electron chi connectivity index (χ2n) is 8.07. The van der Waals surface area contributed by atoms with E-state index in [0.717, 1.165) is 23.1 Å². The first-order valence-corrected chi connectivity index (χ1v) is 13.8. The number of amides is 2. The minimum atomic E-state index is -3.61. The monoisotopic (exact) mass is 514 g/mol. The van der Waals surface area contributed by atoms with Gasteiger partial charge in [0.05, 0.1) is 23.9 Å². The molecule has 35 heavy (non-hydrogen) atoms. The van der Waals surface area contributed by atoms with Crippen LogP contribution in [0.15, 0.2) is 54.2 Å². The molecule has 9 nitrogen and oxygen atoms in total. The standard InChI is InChI=1S/C24H26N4O5S2/c1-3-33-21-12-18(14-25-15-21)19-13-22(34-16-19)24(30)28-10-8-27(9-11-28)20-6-4-17(5-7-20)23(29)26-35(2,31)32/h4-7,12-16H,3,8-11H2,1-2H3,(H,26,29). The number of nitrogens with one attached hydrogen (secondary N) is 1. The van der Waals surface area contributed by atoms with Crippen molar-refractivity contribution in [3.8, 4) is 16.9 Å². The summed E-state index contributed by atoms with van der Waals surface area (Å²) in [6, 6.07) is 10.6. The largest absolute Gasteiger partial charge is 0.492 e. The Bertz CT molecular complexity index is 1310. The number of aromatic nitrogens is 1. The molecule has 11 heteroatoms. The summed E-state index contributed by atoms with van der Waals surface area (Å²) in [5.74, 6) is 0.0389. The lowest BCUT2D eigenvalue weighted by Crippen LogP contribution is -2.48. The highest BCUT2D eigenvalue weighted by Crippen LogP contribution is 2.29. The van der Waals surface area contributed by atoms with Gasteiger partial charge in [-0.25, -0.2) is 13.1 Å². The van der Waals surface area contributed by atoms with Gasteiger partial charge in [0.15, 0.2) is 0 Å². The number of rotatable bonds is 7. The van der Waals surface area contributed by atoms with Crippen molar-refractivity contribution in [1.29, 1.82) is 0 Å². The zero-order chi connectivity index (χ0) is 25.0. The molecule has 3 aromatic rings. The van der Waals surface area contributed by atoms with Gasteiger partial charge in [-0.05, 0) is 54.3 Å². The summed E-state index contributed by atoms with van der Waals surface area (Å²) >= 11 is 1.42. The van der Waals surface area contributed by atoms with Crippen LogP contribution in [-0.4, -0.2) is 69.2 Å². The molecule has 1 saturated heterocycles. The molecule has 4 rings (SSSR count). The van der Waals surface area contributed by atoms with Crippen molar-refractivity contribution in [1.82, 2.24) is 14.6 Å². The van der Waals surface area contributed by atoms with Gasteiger partial charge >= 0.3 is 0 Å². The van der Waals surface area contributed by atoms with Crippen LogP contribution in [0.2, 0.25) is 0 Å². The van der Waals surface area contributed by atoms with E-state index in [0.29, 0.717) is 43.4 Å². The lowest BCUT2D eigenvalue weighted by atomic mass is 10.1. The van der Waals surface area contributed by atoms with Gasteiger partial charge in [-0.1, -0.05) is 0 Å². The van der Waals surface area contributed by atoms with E-state index in [1.165, 1.54) is 11.3 Å². The summed E-state index contributed by atoms with van der Waals surface area (Å²) in [5.41, 5.74) is 3.02. The average molecular weight is 515 g/mol. The third kappa shape index (κ3) is 6.17. The number of hydrogen-bond acceptors (Lipinski definition) is 8. The van der Waals surface area contributed by atoms with Crippen LogP contribution in [0.5, 0.6) is 5.75 Å². The van der Waals surface area contributed by atoms with E-state index < -0.39 is 15.9 Å². The van der Waals surface area contributed by atoms with Crippen molar-refractivity contribution in [2.24, 2.45) is 0 Å². The lowest BCUT2D eigenvalue weighted by molar-refractivity contribution is 0.0751. The minimum Gasteiger partial charge on any atom is -0.492 e. The molecule has 2 aromatic heterocycles. The minimum absolute atomic E-state index is 0.00242.